The van der Waals surface area contributed by atoms with Crippen molar-refractivity contribution >= 4 is 12.1 Å². The lowest BCUT2D eigenvalue weighted by molar-refractivity contribution is -0.157. The summed E-state index contributed by atoms with van der Waals surface area (Å²) in [6, 6.07) is 7.46. The van der Waals surface area contributed by atoms with E-state index in [0.717, 1.165) is 19.6 Å². The number of carbonyl (C=O) groups is 2. The Hall–Kier alpha value is -2.32. The molecule has 1 amide bonds. The molecule has 0 radical (unpaired) electrons. The highest BCUT2D eigenvalue weighted by Crippen LogP contribution is 2.23. The van der Waals surface area contributed by atoms with Crippen LogP contribution >= 0.6 is 0 Å². The Labute approximate surface area is 192 Å². The van der Waals surface area contributed by atoms with E-state index in [1.54, 1.807) is 41.5 Å². The fourth-order valence-electron chi connectivity index (χ4n) is 3.33. The maximum atomic E-state index is 12.6. The predicted octanol–water partition coefficient (Wildman–Crippen LogP) is 3.27. The standard InChI is InChI=1S/C24H39N3O5/c1-23(2,3)31-21(28)19(26-22(29)32-24(4,5)6)12-15-30-18-10-8-17(9-11-18)20-16-25-13-14-27(20)7/h8-11,19-20,25H,12-16H2,1-7H3,(H,26,29)/t19-,20?/m0/s1. The molecule has 1 heterocycles. The molecule has 1 aromatic rings. The highest BCUT2D eigenvalue weighted by Gasteiger charge is 2.28. The summed E-state index contributed by atoms with van der Waals surface area (Å²) >= 11 is 0. The SMILES string of the molecule is CN1CCNCC1c1ccc(OCC[C@H](NC(=O)OC(C)(C)C)C(=O)OC(C)(C)C)cc1. The number of likely N-dealkylation sites (N-methyl/N-ethyl adjacent to an activating group) is 1. The number of alkyl carbamates (subject to hydrolysis) is 1. The van der Waals surface area contributed by atoms with E-state index in [9.17, 15) is 9.59 Å². The maximum Gasteiger partial charge on any atom is 0.408 e. The summed E-state index contributed by atoms with van der Waals surface area (Å²) in [4.78, 5) is 27.1. The van der Waals surface area contributed by atoms with Crippen molar-refractivity contribution in [1.29, 1.82) is 0 Å². The minimum absolute atomic E-state index is 0.240. The molecule has 8 nitrogen and oxygen atoms in total. The van der Waals surface area contributed by atoms with Gasteiger partial charge in [-0.3, -0.25) is 4.90 Å². The van der Waals surface area contributed by atoms with Crippen LogP contribution in [0.2, 0.25) is 0 Å². The van der Waals surface area contributed by atoms with Crippen LogP contribution < -0.4 is 15.4 Å². The van der Waals surface area contributed by atoms with Gasteiger partial charge in [0.25, 0.3) is 0 Å². The van der Waals surface area contributed by atoms with Crippen LogP contribution in [0.3, 0.4) is 0 Å². The van der Waals surface area contributed by atoms with Crippen LogP contribution in [0.5, 0.6) is 5.75 Å². The van der Waals surface area contributed by atoms with Gasteiger partial charge in [0.1, 0.15) is 23.0 Å². The minimum Gasteiger partial charge on any atom is -0.494 e. The van der Waals surface area contributed by atoms with Gasteiger partial charge in [-0.1, -0.05) is 12.1 Å². The van der Waals surface area contributed by atoms with Gasteiger partial charge in [-0.25, -0.2) is 9.59 Å². The molecule has 0 aromatic heterocycles. The lowest BCUT2D eigenvalue weighted by atomic mass is 10.0. The predicted molar refractivity (Wildman–Crippen MR) is 124 cm³/mol. The van der Waals surface area contributed by atoms with Crippen molar-refractivity contribution in [3.8, 4) is 5.75 Å². The number of nitrogens with zero attached hydrogens (tertiary/aromatic N) is 1. The second-order valence-electron chi connectivity index (χ2n) is 10.1. The smallest absolute Gasteiger partial charge is 0.408 e. The Balaban J connectivity index is 1.94. The molecule has 2 rings (SSSR count). The van der Waals surface area contributed by atoms with Crippen molar-refractivity contribution < 1.29 is 23.8 Å². The van der Waals surface area contributed by atoms with E-state index in [4.69, 9.17) is 14.2 Å². The summed E-state index contributed by atoms with van der Waals surface area (Å²) < 4.78 is 16.6. The third-order valence-electron chi connectivity index (χ3n) is 4.83. The van der Waals surface area contributed by atoms with Gasteiger partial charge >= 0.3 is 12.1 Å². The lowest BCUT2D eigenvalue weighted by Gasteiger charge is -2.33. The highest BCUT2D eigenvalue weighted by atomic mass is 16.6. The first-order chi connectivity index (χ1) is 14.8. The topological polar surface area (TPSA) is 89.1 Å². The zero-order chi connectivity index (χ0) is 23.9. The molecule has 1 aliphatic rings. The maximum absolute atomic E-state index is 12.6. The molecule has 1 saturated heterocycles. The summed E-state index contributed by atoms with van der Waals surface area (Å²) in [5.41, 5.74) is -0.101. The number of benzene rings is 1. The molecule has 0 saturated carbocycles. The Morgan fingerprint density at radius 1 is 1.09 bits per heavy atom. The van der Waals surface area contributed by atoms with Crippen LogP contribution in [-0.4, -0.2) is 67.5 Å². The molecule has 1 aliphatic heterocycles. The van der Waals surface area contributed by atoms with E-state index >= 15 is 0 Å². The molecular weight excluding hydrogens is 410 g/mol. The third kappa shape index (κ3) is 9.04. The molecule has 0 bridgehead atoms. The van der Waals surface area contributed by atoms with Crippen LogP contribution in [0.15, 0.2) is 24.3 Å². The van der Waals surface area contributed by atoms with Crippen molar-refractivity contribution in [2.24, 2.45) is 0 Å². The van der Waals surface area contributed by atoms with E-state index in [1.165, 1.54) is 5.56 Å². The molecule has 1 aromatic carbocycles. The highest BCUT2D eigenvalue weighted by molar-refractivity contribution is 5.81. The Morgan fingerprint density at radius 3 is 2.28 bits per heavy atom. The number of amides is 1. The van der Waals surface area contributed by atoms with Gasteiger partial charge < -0.3 is 24.8 Å². The van der Waals surface area contributed by atoms with Crippen LogP contribution in [-0.2, 0) is 14.3 Å². The van der Waals surface area contributed by atoms with E-state index in [-0.39, 0.29) is 13.0 Å². The second-order valence-corrected chi connectivity index (χ2v) is 10.1. The first-order valence-electron chi connectivity index (χ1n) is 11.2. The van der Waals surface area contributed by atoms with Crippen LogP contribution in [0, 0.1) is 0 Å². The molecular formula is C24H39N3O5. The number of esters is 1. The Bertz CT molecular complexity index is 752. The van der Waals surface area contributed by atoms with Crippen molar-refractivity contribution in [3.63, 3.8) is 0 Å². The van der Waals surface area contributed by atoms with Crippen molar-refractivity contribution in [2.75, 3.05) is 33.3 Å². The number of hydrogen-bond donors (Lipinski definition) is 2. The van der Waals surface area contributed by atoms with Gasteiger partial charge in [0.05, 0.1) is 6.61 Å². The number of hydrogen-bond acceptors (Lipinski definition) is 7. The zero-order valence-corrected chi connectivity index (χ0v) is 20.5. The molecule has 1 fully saturated rings. The molecule has 0 spiro atoms. The monoisotopic (exact) mass is 449 g/mol. The van der Waals surface area contributed by atoms with Crippen molar-refractivity contribution in [1.82, 2.24) is 15.5 Å². The molecule has 32 heavy (non-hydrogen) atoms. The molecule has 2 atom stereocenters. The number of nitrogens with one attached hydrogen (secondary N) is 2. The Morgan fingerprint density at radius 2 is 1.72 bits per heavy atom. The summed E-state index contributed by atoms with van der Waals surface area (Å²) in [5, 5.41) is 6.03. The fraction of sp³-hybridized carbons (Fsp3) is 0.667. The summed E-state index contributed by atoms with van der Waals surface area (Å²) in [6.07, 6.45) is -0.409. The lowest BCUT2D eigenvalue weighted by Crippen LogP contribution is -2.46. The first kappa shape index (κ1) is 25.9. The van der Waals surface area contributed by atoms with Gasteiger partial charge in [-0.15, -0.1) is 0 Å². The number of carbonyl (C=O) groups excluding carboxylic acids is 2. The zero-order valence-electron chi connectivity index (χ0n) is 20.5. The third-order valence-corrected chi connectivity index (χ3v) is 4.83. The normalized spacial score (nSPS) is 18.5. The quantitative estimate of drug-likeness (QED) is 0.618. The van der Waals surface area contributed by atoms with E-state index in [1.807, 2.05) is 12.1 Å². The molecule has 2 N–H and O–H groups in total. The number of rotatable bonds is 7. The van der Waals surface area contributed by atoms with E-state index in [2.05, 4.69) is 34.7 Å². The molecule has 1 unspecified atom stereocenters. The Kier molecular flexibility index (Phi) is 8.92. The molecule has 0 aliphatic carbocycles. The van der Waals surface area contributed by atoms with Gasteiger partial charge in [0.2, 0.25) is 0 Å². The molecule has 180 valence electrons. The van der Waals surface area contributed by atoms with Crippen LogP contribution in [0.1, 0.15) is 59.6 Å². The largest absolute Gasteiger partial charge is 0.494 e. The molecule has 8 heteroatoms. The summed E-state index contributed by atoms with van der Waals surface area (Å²) in [6.45, 7) is 13.8. The first-order valence-corrected chi connectivity index (χ1v) is 11.2. The van der Waals surface area contributed by atoms with Crippen molar-refractivity contribution in [2.45, 2.75) is 71.2 Å². The number of ether oxygens (including phenoxy) is 3. The number of piperazine rings is 1. The second kappa shape index (κ2) is 11.0. The van der Waals surface area contributed by atoms with Gasteiger partial charge in [0.15, 0.2) is 0 Å². The van der Waals surface area contributed by atoms with Gasteiger partial charge in [-0.2, -0.15) is 0 Å². The van der Waals surface area contributed by atoms with Crippen LogP contribution in [0.25, 0.3) is 0 Å². The average Bonchev–Trinajstić information content (AvgIpc) is 2.65. The average molecular weight is 450 g/mol. The van der Waals surface area contributed by atoms with Gasteiger partial charge in [-0.05, 0) is 66.3 Å². The summed E-state index contributed by atoms with van der Waals surface area (Å²) in [5.74, 6) is 0.190. The van der Waals surface area contributed by atoms with Crippen molar-refractivity contribution in [3.05, 3.63) is 29.8 Å². The van der Waals surface area contributed by atoms with Gasteiger partial charge in [0, 0.05) is 32.1 Å². The fourth-order valence-corrected chi connectivity index (χ4v) is 3.33. The van der Waals surface area contributed by atoms with E-state index in [0.29, 0.717) is 11.8 Å². The summed E-state index contributed by atoms with van der Waals surface area (Å²) in [7, 11) is 2.13. The minimum atomic E-state index is -0.870. The van der Waals surface area contributed by atoms with E-state index < -0.39 is 29.3 Å². The van der Waals surface area contributed by atoms with Crippen LogP contribution in [0.4, 0.5) is 4.79 Å².